The van der Waals surface area contributed by atoms with Gasteiger partial charge in [-0.15, -0.1) is 0 Å². The van der Waals surface area contributed by atoms with E-state index in [-0.39, 0.29) is 0 Å². The zero-order chi connectivity index (χ0) is 14.2. The minimum absolute atomic E-state index is 0.457. The van der Waals surface area contributed by atoms with Crippen molar-refractivity contribution >= 4 is 23.5 Å². The van der Waals surface area contributed by atoms with E-state index in [1.165, 1.54) is 36.1 Å². The number of rotatable bonds is 9. The number of hydrogen-bond donors (Lipinski definition) is 2. The SMILES string of the molecule is O[C@H](CSCc1ccon1)[C@H](O)CSCc1ccon1. The number of aliphatic hydroxyl groups is 2. The monoisotopic (exact) mass is 316 g/mol. The molecule has 0 amide bonds. The Balaban J connectivity index is 1.58. The van der Waals surface area contributed by atoms with Gasteiger partial charge in [-0.05, 0) is 0 Å². The van der Waals surface area contributed by atoms with Crippen molar-refractivity contribution in [2.24, 2.45) is 0 Å². The summed E-state index contributed by atoms with van der Waals surface area (Å²) in [5, 5.41) is 27.2. The fourth-order valence-corrected chi connectivity index (χ4v) is 3.29. The lowest BCUT2D eigenvalue weighted by molar-refractivity contribution is 0.0499. The van der Waals surface area contributed by atoms with Crippen molar-refractivity contribution in [1.82, 2.24) is 10.3 Å². The van der Waals surface area contributed by atoms with Gasteiger partial charge in [0.25, 0.3) is 0 Å². The van der Waals surface area contributed by atoms with Gasteiger partial charge in [-0.1, -0.05) is 10.3 Å². The van der Waals surface area contributed by atoms with E-state index in [9.17, 15) is 10.2 Å². The summed E-state index contributed by atoms with van der Waals surface area (Å²) in [5.41, 5.74) is 1.66. The Morgan fingerprint density at radius 1 is 0.900 bits per heavy atom. The molecule has 2 aromatic heterocycles. The number of aromatic nitrogens is 2. The first-order valence-corrected chi connectivity index (χ1v) is 8.37. The molecule has 6 nitrogen and oxygen atoms in total. The van der Waals surface area contributed by atoms with Crippen molar-refractivity contribution in [2.45, 2.75) is 23.7 Å². The summed E-state index contributed by atoms with van der Waals surface area (Å²) in [4.78, 5) is 0. The summed E-state index contributed by atoms with van der Waals surface area (Å²) in [7, 11) is 0. The molecule has 0 spiro atoms. The van der Waals surface area contributed by atoms with E-state index in [2.05, 4.69) is 10.3 Å². The zero-order valence-corrected chi connectivity index (χ0v) is 12.3. The van der Waals surface area contributed by atoms with Crippen LogP contribution in [0.15, 0.2) is 33.7 Å². The normalized spacial score (nSPS) is 14.3. The lowest BCUT2D eigenvalue weighted by Crippen LogP contribution is -2.30. The van der Waals surface area contributed by atoms with Gasteiger partial charge in [0, 0.05) is 35.1 Å². The number of aliphatic hydroxyl groups excluding tert-OH is 2. The van der Waals surface area contributed by atoms with Gasteiger partial charge in [0.15, 0.2) is 0 Å². The maximum atomic E-state index is 9.84. The molecule has 0 radical (unpaired) electrons. The van der Waals surface area contributed by atoms with Crippen molar-refractivity contribution in [1.29, 1.82) is 0 Å². The van der Waals surface area contributed by atoms with E-state index in [4.69, 9.17) is 9.05 Å². The van der Waals surface area contributed by atoms with Crippen LogP contribution < -0.4 is 0 Å². The van der Waals surface area contributed by atoms with Crippen molar-refractivity contribution in [3.05, 3.63) is 36.0 Å². The van der Waals surface area contributed by atoms with Gasteiger partial charge in [0.1, 0.15) is 12.5 Å². The second-order valence-electron chi connectivity index (χ2n) is 4.15. The lowest BCUT2D eigenvalue weighted by atomic mass is 10.3. The van der Waals surface area contributed by atoms with Crippen molar-refractivity contribution in [2.75, 3.05) is 11.5 Å². The summed E-state index contributed by atoms with van der Waals surface area (Å²) in [6.07, 6.45) is 1.53. The van der Waals surface area contributed by atoms with Crippen LogP contribution in [0.1, 0.15) is 11.4 Å². The molecular formula is C12H16N2O4S2. The molecule has 2 aromatic rings. The Bertz CT molecular complexity index is 420. The van der Waals surface area contributed by atoms with Crippen LogP contribution in [0.5, 0.6) is 0 Å². The van der Waals surface area contributed by atoms with Gasteiger partial charge in [0.2, 0.25) is 0 Å². The van der Waals surface area contributed by atoms with Crippen LogP contribution in [0, 0.1) is 0 Å². The third-order valence-electron chi connectivity index (χ3n) is 2.50. The molecule has 0 unspecified atom stereocenters. The van der Waals surface area contributed by atoms with E-state index >= 15 is 0 Å². The topological polar surface area (TPSA) is 92.5 Å². The molecule has 110 valence electrons. The number of thioether (sulfide) groups is 2. The highest BCUT2D eigenvalue weighted by Gasteiger charge is 2.16. The van der Waals surface area contributed by atoms with Gasteiger partial charge >= 0.3 is 0 Å². The van der Waals surface area contributed by atoms with Gasteiger partial charge in [-0.2, -0.15) is 23.5 Å². The van der Waals surface area contributed by atoms with Crippen LogP contribution in [-0.2, 0) is 11.5 Å². The average Bonchev–Trinajstić information content (AvgIpc) is 3.11. The Kier molecular flexibility index (Phi) is 6.44. The largest absolute Gasteiger partial charge is 0.390 e. The molecular weight excluding hydrogens is 300 g/mol. The number of hydrogen-bond acceptors (Lipinski definition) is 8. The Morgan fingerprint density at radius 3 is 1.70 bits per heavy atom. The molecule has 20 heavy (non-hydrogen) atoms. The van der Waals surface area contributed by atoms with Crippen LogP contribution in [-0.4, -0.2) is 44.2 Å². The molecule has 0 aliphatic rings. The second-order valence-corrected chi connectivity index (χ2v) is 6.21. The fraction of sp³-hybridized carbons (Fsp3) is 0.500. The van der Waals surface area contributed by atoms with E-state index in [1.807, 2.05) is 0 Å². The van der Waals surface area contributed by atoms with Crippen molar-refractivity contribution in [3.8, 4) is 0 Å². The third-order valence-corrected chi connectivity index (χ3v) is 4.66. The molecule has 0 aromatic carbocycles. The van der Waals surface area contributed by atoms with E-state index < -0.39 is 12.2 Å². The molecule has 8 heteroatoms. The number of nitrogens with zero attached hydrogens (tertiary/aromatic N) is 2. The molecule has 0 aliphatic heterocycles. The van der Waals surface area contributed by atoms with Crippen LogP contribution >= 0.6 is 23.5 Å². The molecule has 0 saturated carbocycles. The third kappa shape index (κ3) is 5.20. The minimum Gasteiger partial charge on any atom is -0.390 e. The predicted molar refractivity (Wildman–Crippen MR) is 77.3 cm³/mol. The maximum Gasteiger partial charge on any atom is 0.124 e. The van der Waals surface area contributed by atoms with Crippen LogP contribution in [0.4, 0.5) is 0 Å². The lowest BCUT2D eigenvalue weighted by Gasteiger charge is -2.16. The van der Waals surface area contributed by atoms with Crippen molar-refractivity contribution in [3.63, 3.8) is 0 Å². The van der Waals surface area contributed by atoms with Gasteiger partial charge in [-0.3, -0.25) is 0 Å². The van der Waals surface area contributed by atoms with Crippen LogP contribution in [0.2, 0.25) is 0 Å². The summed E-state index contributed by atoms with van der Waals surface area (Å²) in [5.74, 6) is 2.23. The Labute approximate surface area is 124 Å². The second kappa shape index (κ2) is 8.35. The standard InChI is InChI=1S/C12H16N2O4S2/c15-11(7-19-5-9-1-3-17-13-9)12(16)8-20-6-10-2-4-18-14-10/h1-4,11-12,15-16H,5-8H2/t11-,12-/m1/s1. The summed E-state index contributed by atoms with van der Waals surface area (Å²) in [6.45, 7) is 0. The summed E-state index contributed by atoms with van der Waals surface area (Å²) in [6, 6.07) is 3.56. The summed E-state index contributed by atoms with van der Waals surface area (Å²) < 4.78 is 9.43. The molecule has 0 aliphatic carbocycles. The highest BCUT2D eigenvalue weighted by molar-refractivity contribution is 7.98. The average molecular weight is 316 g/mol. The predicted octanol–water partition coefficient (Wildman–Crippen LogP) is 1.55. The fourth-order valence-electron chi connectivity index (χ4n) is 1.41. The molecule has 0 bridgehead atoms. The first-order valence-electron chi connectivity index (χ1n) is 6.06. The van der Waals surface area contributed by atoms with E-state index in [0.717, 1.165) is 11.4 Å². The van der Waals surface area contributed by atoms with E-state index in [0.29, 0.717) is 23.0 Å². The van der Waals surface area contributed by atoms with E-state index in [1.54, 1.807) is 12.1 Å². The quantitative estimate of drug-likeness (QED) is 0.720. The Morgan fingerprint density at radius 2 is 1.35 bits per heavy atom. The minimum atomic E-state index is -0.753. The molecule has 0 fully saturated rings. The Hall–Kier alpha value is -0.960. The molecule has 2 rings (SSSR count). The zero-order valence-electron chi connectivity index (χ0n) is 10.7. The highest BCUT2D eigenvalue weighted by Crippen LogP contribution is 2.16. The molecule has 2 atom stereocenters. The molecule has 2 N–H and O–H groups in total. The highest BCUT2D eigenvalue weighted by atomic mass is 32.2. The first-order chi connectivity index (χ1) is 9.75. The van der Waals surface area contributed by atoms with Gasteiger partial charge in [-0.25, -0.2) is 0 Å². The van der Waals surface area contributed by atoms with Crippen molar-refractivity contribution < 1.29 is 19.3 Å². The van der Waals surface area contributed by atoms with Crippen LogP contribution in [0.3, 0.4) is 0 Å². The van der Waals surface area contributed by atoms with Gasteiger partial charge < -0.3 is 19.3 Å². The first kappa shape index (κ1) is 15.4. The van der Waals surface area contributed by atoms with Crippen LogP contribution in [0.25, 0.3) is 0 Å². The molecule has 0 saturated heterocycles. The van der Waals surface area contributed by atoms with Gasteiger partial charge in [0.05, 0.1) is 23.6 Å². The smallest absolute Gasteiger partial charge is 0.124 e. The molecule has 2 heterocycles. The summed E-state index contributed by atoms with van der Waals surface area (Å²) >= 11 is 3.02. The maximum absolute atomic E-state index is 9.84.